The Balaban J connectivity index is 2.75. The number of aromatic nitrogens is 1. The highest BCUT2D eigenvalue weighted by molar-refractivity contribution is 6.35. The second-order valence-corrected chi connectivity index (χ2v) is 3.76. The Kier molecular flexibility index (Phi) is 3.19. The van der Waals surface area contributed by atoms with Gasteiger partial charge in [0.05, 0.1) is 16.5 Å². The number of pyridine rings is 1. The van der Waals surface area contributed by atoms with Crippen LogP contribution in [0, 0.1) is 11.8 Å². The number of fused-ring (bicyclic) bond motifs is 1. The Hall–Kier alpha value is -1.43. The molecule has 0 saturated heterocycles. The molecule has 2 nitrogen and oxygen atoms in total. The van der Waals surface area contributed by atoms with Crippen molar-refractivity contribution in [2.45, 2.75) is 0 Å². The number of aromatic hydroxyl groups is 1. The number of alkyl halides is 1. The van der Waals surface area contributed by atoms with Crippen LogP contribution in [0.25, 0.3) is 10.9 Å². The summed E-state index contributed by atoms with van der Waals surface area (Å²) in [5, 5.41) is 11.2. The highest BCUT2D eigenvalue weighted by atomic mass is 35.5. The van der Waals surface area contributed by atoms with Crippen molar-refractivity contribution in [2.24, 2.45) is 0 Å². The molecule has 1 aromatic heterocycles. The average Bonchev–Trinajstić information content (AvgIpc) is 2.32. The SMILES string of the molecule is Oc1c(C#CCCl)cc(Cl)c2cccnc12. The summed E-state index contributed by atoms with van der Waals surface area (Å²) in [6.45, 7) is 0. The van der Waals surface area contributed by atoms with Gasteiger partial charge >= 0.3 is 0 Å². The lowest BCUT2D eigenvalue weighted by atomic mass is 10.1. The number of phenolic OH excluding ortho intramolecular Hbond substituents is 1. The van der Waals surface area contributed by atoms with E-state index in [1.165, 1.54) is 0 Å². The molecule has 0 aliphatic heterocycles. The van der Waals surface area contributed by atoms with E-state index in [1.54, 1.807) is 24.4 Å². The summed E-state index contributed by atoms with van der Waals surface area (Å²) in [7, 11) is 0. The minimum Gasteiger partial charge on any atom is -0.504 e. The van der Waals surface area contributed by atoms with Gasteiger partial charge in [0.2, 0.25) is 0 Å². The lowest BCUT2D eigenvalue weighted by Gasteiger charge is -2.04. The van der Waals surface area contributed by atoms with Gasteiger partial charge in [0.15, 0.2) is 5.75 Å². The van der Waals surface area contributed by atoms with Crippen LogP contribution in [0.4, 0.5) is 0 Å². The van der Waals surface area contributed by atoms with Crippen molar-refractivity contribution >= 4 is 34.1 Å². The van der Waals surface area contributed by atoms with E-state index < -0.39 is 0 Å². The fourth-order valence-corrected chi connectivity index (χ4v) is 1.74. The summed E-state index contributed by atoms with van der Waals surface area (Å²) in [4.78, 5) is 4.08. The van der Waals surface area contributed by atoms with E-state index in [-0.39, 0.29) is 11.6 Å². The summed E-state index contributed by atoms with van der Waals surface area (Å²) in [6, 6.07) is 5.17. The van der Waals surface area contributed by atoms with E-state index in [1.807, 2.05) is 0 Å². The molecule has 0 aliphatic carbocycles. The van der Waals surface area contributed by atoms with E-state index in [2.05, 4.69) is 16.8 Å². The lowest BCUT2D eigenvalue weighted by molar-refractivity contribution is 0.479. The number of benzene rings is 1. The summed E-state index contributed by atoms with van der Waals surface area (Å²) in [5.74, 6) is 5.65. The van der Waals surface area contributed by atoms with Crippen LogP contribution in [-0.4, -0.2) is 16.0 Å². The second-order valence-electron chi connectivity index (χ2n) is 3.09. The van der Waals surface area contributed by atoms with Crippen molar-refractivity contribution < 1.29 is 5.11 Å². The zero-order valence-electron chi connectivity index (χ0n) is 8.17. The first-order valence-corrected chi connectivity index (χ1v) is 5.46. The summed E-state index contributed by atoms with van der Waals surface area (Å²) in [5.41, 5.74) is 0.894. The van der Waals surface area contributed by atoms with Gasteiger partial charge in [-0.2, -0.15) is 0 Å². The summed E-state index contributed by atoms with van der Waals surface area (Å²) >= 11 is 11.5. The quantitative estimate of drug-likeness (QED) is 0.577. The molecular formula is C12H7Cl2NO. The number of hydrogen-bond donors (Lipinski definition) is 1. The van der Waals surface area contributed by atoms with Crippen LogP contribution in [0.3, 0.4) is 0 Å². The van der Waals surface area contributed by atoms with Crippen molar-refractivity contribution in [1.82, 2.24) is 4.98 Å². The van der Waals surface area contributed by atoms with E-state index in [4.69, 9.17) is 23.2 Å². The molecule has 1 N–H and O–H groups in total. The van der Waals surface area contributed by atoms with Crippen LogP contribution in [0.1, 0.15) is 5.56 Å². The van der Waals surface area contributed by atoms with Gasteiger partial charge in [-0.05, 0) is 18.2 Å². The largest absolute Gasteiger partial charge is 0.504 e. The van der Waals surface area contributed by atoms with Crippen molar-refractivity contribution in [3.8, 4) is 17.6 Å². The van der Waals surface area contributed by atoms with Gasteiger partial charge in [-0.15, -0.1) is 11.6 Å². The number of rotatable bonds is 0. The number of halogens is 2. The molecule has 0 atom stereocenters. The molecule has 4 heteroatoms. The Morgan fingerprint density at radius 2 is 2.25 bits per heavy atom. The van der Waals surface area contributed by atoms with Gasteiger partial charge in [-0.3, -0.25) is 4.98 Å². The first-order chi connectivity index (χ1) is 7.74. The molecule has 0 radical (unpaired) electrons. The lowest BCUT2D eigenvalue weighted by Crippen LogP contribution is -1.85. The van der Waals surface area contributed by atoms with Gasteiger partial charge in [-0.25, -0.2) is 0 Å². The normalized spacial score (nSPS) is 9.88. The first-order valence-electron chi connectivity index (χ1n) is 4.55. The molecule has 0 saturated carbocycles. The molecule has 2 aromatic rings. The molecule has 0 unspecified atom stereocenters. The molecule has 2 rings (SSSR count). The van der Waals surface area contributed by atoms with Crippen molar-refractivity contribution in [3.05, 3.63) is 35.0 Å². The third-order valence-corrected chi connectivity index (χ3v) is 2.55. The first kappa shape index (κ1) is 11.1. The highest BCUT2D eigenvalue weighted by Crippen LogP contribution is 2.32. The fraction of sp³-hybridized carbons (Fsp3) is 0.0833. The van der Waals surface area contributed by atoms with E-state index in [9.17, 15) is 5.11 Å². The topological polar surface area (TPSA) is 33.1 Å². The standard InChI is InChI=1S/C12H7Cl2NO/c13-5-1-3-8-7-10(14)9-4-2-6-15-11(9)12(8)16/h2,4,6-7,16H,5H2. The Morgan fingerprint density at radius 3 is 3.00 bits per heavy atom. The van der Waals surface area contributed by atoms with Crippen LogP contribution >= 0.6 is 23.2 Å². The van der Waals surface area contributed by atoms with E-state index in [0.29, 0.717) is 21.5 Å². The number of nitrogens with zero attached hydrogens (tertiary/aromatic N) is 1. The maximum atomic E-state index is 9.93. The van der Waals surface area contributed by atoms with Gasteiger partial charge < -0.3 is 5.11 Å². The van der Waals surface area contributed by atoms with Crippen LogP contribution in [0.15, 0.2) is 24.4 Å². The van der Waals surface area contributed by atoms with Crippen LogP contribution in [0.5, 0.6) is 5.75 Å². The second kappa shape index (κ2) is 4.61. The Bertz CT molecular complexity index is 599. The molecule has 0 fully saturated rings. The van der Waals surface area contributed by atoms with Crippen LogP contribution in [0.2, 0.25) is 5.02 Å². The molecule has 0 spiro atoms. The molecule has 80 valence electrons. The minimum atomic E-state index is 0.0395. The molecule has 1 aromatic carbocycles. The zero-order valence-corrected chi connectivity index (χ0v) is 9.68. The Labute approximate surface area is 103 Å². The van der Waals surface area contributed by atoms with Gasteiger partial charge in [0, 0.05) is 11.6 Å². The van der Waals surface area contributed by atoms with E-state index >= 15 is 0 Å². The smallest absolute Gasteiger partial charge is 0.157 e. The maximum absolute atomic E-state index is 9.93. The molecule has 1 heterocycles. The number of hydrogen-bond acceptors (Lipinski definition) is 2. The van der Waals surface area contributed by atoms with Crippen molar-refractivity contribution in [2.75, 3.05) is 5.88 Å². The molecule has 0 aliphatic rings. The summed E-state index contributed by atoms with van der Waals surface area (Å²) < 4.78 is 0. The molecule has 16 heavy (non-hydrogen) atoms. The molecular weight excluding hydrogens is 245 g/mol. The highest BCUT2D eigenvalue weighted by Gasteiger charge is 2.09. The minimum absolute atomic E-state index is 0.0395. The average molecular weight is 252 g/mol. The van der Waals surface area contributed by atoms with Gasteiger partial charge in [0.1, 0.15) is 5.52 Å². The Morgan fingerprint density at radius 1 is 1.44 bits per heavy atom. The van der Waals surface area contributed by atoms with Crippen LogP contribution < -0.4 is 0 Å². The molecule has 0 amide bonds. The predicted octanol–water partition coefficient (Wildman–Crippen LogP) is 3.18. The van der Waals surface area contributed by atoms with E-state index in [0.717, 1.165) is 0 Å². The van der Waals surface area contributed by atoms with Crippen molar-refractivity contribution in [1.29, 1.82) is 0 Å². The van der Waals surface area contributed by atoms with Gasteiger partial charge in [0.25, 0.3) is 0 Å². The fourth-order valence-electron chi connectivity index (χ4n) is 1.41. The predicted molar refractivity (Wildman–Crippen MR) is 66.0 cm³/mol. The van der Waals surface area contributed by atoms with Crippen LogP contribution in [-0.2, 0) is 0 Å². The van der Waals surface area contributed by atoms with Crippen molar-refractivity contribution in [3.63, 3.8) is 0 Å². The summed E-state index contributed by atoms with van der Waals surface area (Å²) in [6.07, 6.45) is 1.59. The maximum Gasteiger partial charge on any atom is 0.157 e. The third-order valence-electron chi connectivity index (χ3n) is 2.11. The van der Waals surface area contributed by atoms with Gasteiger partial charge in [-0.1, -0.05) is 23.4 Å². The molecule has 0 bridgehead atoms. The number of phenols is 1. The zero-order chi connectivity index (χ0) is 11.5. The monoisotopic (exact) mass is 251 g/mol. The third kappa shape index (κ3) is 1.92.